The lowest BCUT2D eigenvalue weighted by atomic mass is 10.1. The minimum absolute atomic E-state index is 0.317. The Balaban J connectivity index is 1.75. The second-order valence-corrected chi connectivity index (χ2v) is 7.08. The zero-order valence-electron chi connectivity index (χ0n) is 13.3. The Kier molecular flexibility index (Phi) is 5.87. The molecule has 4 nitrogen and oxygen atoms in total. The van der Waals surface area contributed by atoms with E-state index in [1.165, 1.54) is 17.7 Å². The lowest BCUT2D eigenvalue weighted by molar-refractivity contribution is 0.190. The first-order valence-corrected chi connectivity index (χ1v) is 9.35. The molecule has 2 heterocycles. The average Bonchev–Trinajstić information content (AvgIpc) is 2.58. The van der Waals surface area contributed by atoms with Gasteiger partial charge < -0.3 is 14.8 Å². The van der Waals surface area contributed by atoms with Crippen molar-refractivity contribution in [3.05, 3.63) is 23.8 Å². The van der Waals surface area contributed by atoms with Crippen molar-refractivity contribution in [1.29, 1.82) is 0 Å². The molecule has 2 fully saturated rings. The highest BCUT2D eigenvalue weighted by molar-refractivity contribution is 7.99. The van der Waals surface area contributed by atoms with E-state index in [1.807, 2.05) is 17.8 Å². The Morgan fingerprint density at radius 3 is 2.91 bits per heavy atom. The molecule has 2 saturated heterocycles. The Morgan fingerprint density at radius 1 is 1.32 bits per heavy atom. The van der Waals surface area contributed by atoms with Gasteiger partial charge in [-0.3, -0.25) is 4.90 Å². The predicted octanol–water partition coefficient (Wildman–Crippen LogP) is 2.37. The standard InChI is InChI=1S/C17H26N2O2S/c1-20-16-6-2-4-14(12-19-9-7-18-8-10-19)17(16)21-15-5-3-11-22-13-15/h2,4,6,15,18H,3,5,7-13H2,1H3. The lowest BCUT2D eigenvalue weighted by Gasteiger charge is -2.29. The van der Waals surface area contributed by atoms with Gasteiger partial charge in [-0.2, -0.15) is 11.8 Å². The Hall–Kier alpha value is -0.910. The van der Waals surface area contributed by atoms with Gasteiger partial charge in [-0.1, -0.05) is 12.1 Å². The Labute approximate surface area is 137 Å². The third kappa shape index (κ3) is 4.09. The molecule has 0 amide bonds. The molecule has 0 radical (unpaired) electrons. The molecular formula is C17H26N2O2S. The lowest BCUT2D eigenvalue weighted by Crippen LogP contribution is -2.43. The number of hydrogen-bond acceptors (Lipinski definition) is 5. The number of nitrogens with one attached hydrogen (secondary N) is 1. The average molecular weight is 322 g/mol. The van der Waals surface area contributed by atoms with Crippen LogP contribution in [0.4, 0.5) is 0 Å². The molecule has 122 valence electrons. The van der Waals surface area contributed by atoms with Crippen LogP contribution in [0.2, 0.25) is 0 Å². The summed E-state index contributed by atoms with van der Waals surface area (Å²) < 4.78 is 11.9. The van der Waals surface area contributed by atoms with Gasteiger partial charge >= 0.3 is 0 Å². The van der Waals surface area contributed by atoms with E-state index in [-0.39, 0.29) is 0 Å². The summed E-state index contributed by atoms with van der Waals surface area (Å²) in [5, 5.41) is 3.40. The number of ether oxygens (including phenoxy) is 2. The zero-order valence-corrected chi connectivity index (χ0v) is 14.2. The molecule has 0 saturated carbocycles. The van der Waals surface area contributed by atoms with Crippen molar-refractivity contribution in [3.63, 3.8) is 0 Å². The van der Waals surface area contributed by atoms with Crippen LogP contribution < -0.4 is 14.8 Å². The summed E-state index contributed by atoms with van der Waals surface area (Å²) in [7, 11) is 1.73. The second-order valence-electron chi connectivity index (χ2n) is 5.93. The molecule has 1 aromatic carbocycles. The molecule has 1 N–H and O–H groups in total. The molecule has 3 rings (SSSR count). The van der Waals surface area contributed by atoms with Gasteiger partial charge in [-0.05, 0) is 24.7 Å². The molecule has 0 aromatic heterocycles. The van der Waals surface area contributed by atoms with Crippen LogP contribution in [0, 0.1) is 0 Å². The number of para-hydroxylation sites is 1. The summed E-state index contributed by atoms with van der Waals surface area (Å²) in [5.41, 5.74) is 1.25. The van der Waals surface area contributed by atoms with E-state index in [0.717, 1.165) is 56.4 Å². The number of benzene rings is 1. The number of rotatable bonds is 5. The van der Waals surface area contributed by atoms with E-state index in [1.54, 1.807) is 7.11 Å². The minimum atomic E-state index is 0.317. The fraction of sp³-hybridized carbons (Fsp3) is 0.647. The van der Waals surface area contributed by atoms with Crippen LogP contribution in [0.25, 0.3) is 0 Å². The smallest absolute Gasteiger partial charge is 0.166 e. The molecule has 0 aliphatic carbocycles. The maximum atomic E-state index is 6.36. The van der Waals surface area contributed by atoms with E-state index in [2.05, 4.69) is 22.3 Å². The molecule has 22 heavy (non-hydrogen) atoms. The van der Waals surface area contributed by atoms with Crippen molar-refractivity contribution in [3.8, 4) is 11.5 Å². The maximum Gasteiger partial charge on any atom is 0.166 e. The van der Waals surface area contributed by atoms with Gasteiger partial charge in [0.2, 0.25) is 0 Å². The van der Waals surface area contributed by atoms with E-state index in [0.29, 0.717) is 6.10 Å². The number of nitrogens with zero attached hydrogens (tertiary/aromatic N) is 1. The highest BCUT2D eigenvalue weighted by Gasteiger charge is 2.21. The van der Waals surface area contributed by atoms with Gasteiger partial charge in [0.05, 0.1) is 7.11 Å². The molecule has 1 aromatic rings. The third-order valence-corrected chi connectivity index (χ3v) is 5.47. The first-order valence-electron chi connectivity index (χ1n) is 8.20. The maximum absolute atomic E-state index is 6.36. The molecule has 2 aliphatic rings. The fourth-order valence-electron chi connectivity index (χ4n) is 3.06. The summed E-state index contributed by atoms with van der Waals surface area (Å²) >= 11 is 1.99. The molecule has 2 aliphatic heterocycles. The normalized spacial score (nSPS) is 23.2. The third-order valence-electron chi connectivity index (χ3n) is 4.29. The quantitative estimate of drug-likeness (QED) is 0.900. The fourth-order valence-corrected chi connectivity index (χ4v) is 4.10. The Morgan fingerprint density at radius 2 is 2.18 bits per heavy atom. The topological polar surface area (TPSA) is 33.7 Å². The molecular weight excluding hydrogens is 296 g/mol. The Bertz CT molecular complexity index is 472. The number of methoxy groups -OCH3 is 1. The second kappa shape index (κ2) is 8.09. The summed E-state index contributed by atoms with van der Waals surface area (Å²) in [6.45, 7) is 5.26. The molecule has 0 bridgehead atoms. The van der Waals surface area contributed by atoms with Crippen LogP contribution in [-0.2, 0) is 6.54 Å². The van der Waals surface area contributed by atoms with Crippen molar-refractivity contribution >= 4 is 11.8 Å². The highest BCUT2D eigenvalue weighted by Crippen LogP contribution is 2.34. The first kappa shape index (κ1) is 16.0. The van der Waals surface area contributed by atoms with Crippen molar-refractivity contribution in [2.45, 2.75) is 25.5 Å². The van der Waals surface area contributed by atoms with Crippen LogP contribution in [0.3, 0.4) is 0 Å². The molecule has 1 unspecified atom stereocenters. The van der Waals surface area contributed by atoms with E-state index in [9.17, 15) is 0 Å². The zero-order chi connectivity index (χ0) is 15.2. The van der Waals surface area contributed by atoms with E-state index < -0.39 is 0 Å². The first-order chi connectivity index (χ1) is 10.9. The van der Waals surface area contributed by atoms with Gasteiger partial charge in [0.25, 0.3) is 0 Å². The van der Waals surface area contributed by atoms with Crippen molar-refractivity contribution in [2.75, 3.05) is 44.8 Å². The predicted molar refractivity (Wildman–Crippen MR) is 92.1 cm³/mol. The SMILES string of the molecule is COc1cccc(CN2CCNCC2)c1OC1CCCSC1. The van der Waals surface area contributed by atoms with Gasteiger partial charge in [0, 0.05) is 44.0 Å². The van der Waals surface area contributed by atoms with Crippen LogP contribution in [0.5, 0.6) is 11.5 Å². The number of piperazine rings is 1. The van der Waals surface area contributed by atoms with Gasteiger partial charge in [0.1, 0.15) is 6.10 Å². The van der Waals surface area contributed by atoms with Crippen LogP contribution >= 0.6 is 11.8 Å². The molecule has 1 atom stereocenters. The van der Waals surface area contributed by atoms with Gasteiger partial charge in [-0.25, -0.2) is 0 Å². The van der Waals surface area contributed by atoms with Crippen molar-refractivity contribution in [1.82, 2.24) is 10.2 Å². The summed E-state index contributed by atoms with van der Waals surface area (Å²) in [5.74, 6) is 4.17. The minimum Gasteiger partial charge on any atom is -0.493 e. The van der Waals surface area contributed by atoms with E-state index in [4.69, 9.17) is 9.47 Å². The summed E-state index contributed by atoms with van der Waals surface area (Å²) in [4.78, 5) is 2.48. The van der Waals surface area contributed by atoms with Gasteiger partial charge in [-0.15, -0.1) is 0 Å². The number of hydrogen-bond donors (Lipinski definition) is 1. The summed E-state index contributed by atoms with van der Waals surface area (Å²) in [6, 6.07) is 6.25. The van der Waals surface area contributed by atoms with Crippen LogP contribution in [0.15, 0.2) is 18.2 Å². The molecule has 5 heteroatoms. The van der Waals surface area contributed by atoms with Crippen LogP contribution in [0.1, 0.15) is 18.4 Å². The van der Waals surface area contributed by atoms with Crippen molar-refractivity contribution in [2.24, 2.45) is 0 Å². The van der Waals surface area contributed by atoms with Gasteiger partial charge in [0.15, 0.2) is 11.5 Å². The summed E-state index contributed by atoms with van der Waals surface area (Å²) in [6.07, 6.45) is 2.72. The molecule has 0 spiro atoms. The monoisotopic (exact) mass is 322 g/mol. The van der Waals surface area contributed by atoms with E-state index >= 15 is 0 Å². The largest absolute Gasteiger partial charge is 0.493 e. The highest BCUT2D eigenvalue weighted by atomic mass is 32.2. The van der Waals surface area contributed by atoms with Crippen molar-refractivity contribution < 1.29 is 9.47 Å². The van der Waals surface area contributed by atoms with Crippen LogP contribution in [-0.4, -0.2) is 55.8 Å². The number of thioether (sulfide) groups is 1.